The minimum Gasteiger partial charge on any atom is -0.354 e. The van der Waals surface area contributed by atoms with Gasteiger partial charge in [0.25, 0.3) is 0 Å². The van der Waals surface area contributed by atoms with Gasteiger partial charge >= 0.3 is 0 Å². The standard InChI is InChI=1S/C20H28FN3O/c1-19(2)14-22-18(25)20(23-15-19)9-12-24(13-10-20)11-3-4-16-5-7-17(21)8-6-16/h3-8,23H,9-15H2,1-2H3,(H,22,25)/b4-3+. The molecule has 0 atom stereocenters. The number of hydrogen-bond acceptors (Lipinski definition) is 3. The molecule has 1 amide bonds. The molecule has 4 nitrogen and oxygen atoms in total. The van der Waals surface area contributed by atoms with Gasteiger partial charge in [0, 0.05) is 32.7 Å². The Morgan fingerprint density at radius 1 is 1.16 bits per heavy atom. The Bertz CT molecular complexity index is 631. The van der Waals surface area contributed by atoms with Crippen molar-refractivity contribution in [3.05, 3.63) is 41.7 Å². The van der Waals surface area contributed by atoms with Gasteiger partial charge in [0.2, 0.25) is 5.91 Å². The smallest absolute Gasteiger partial charge is 0.240 e. The molecule has 1 aromatic carbocycles. The normalized spacial score (nSPS) is 23.6. The summed E-state index contributed by atoms with van der Waals surface area (Å²) in [6.07, 6.45) is 5.79. The first-order valence-electron chi connectivity index (χ1n) is 9.06. The average Bonchev–Trinajstić information content (AvgIpc) is 2.71. The number of benzene rings is 1. The number of carbonyl (C=O) groups is 1. The van der Waals surface area contributed by atoms with Crippen LogP contribution in [0.4, 0.5) is 4.39 Å². The number of carbonyl (C=O) groups excluding carboxylic acids is 1. The molecule has 0 bridgehead atoms. The summed E-state index contributed by atoms with van der Waals surface area (Å²) in [7, 11) is 0. The van der Waals surface area contributed by atoms with Crippen LogP contribution in [0.15, 0.2) is 30.3 Å². The first-order chi connectivity index (χ1) is 11.9. The lowest BCUT2D eigenvalue weighted by Crippen LogP contribution is -2.60. The second kappa shape index (κ2) is 7.26. The van der Waals surface area contributed by atoms with Crippen LogP contribution in [0.3, 0.4) is 0 Å². The minimum atomic E-state index is -0.412. The summed E-state index contributed by atoms with van der Waals surface area (Å²) in [4.78, 5) is 14.9. The van der Waals surface area contributed by atoms with E-state index >= 15 is 0 Å². The van der Waals surface area contributed by atoms with Gasteiger partial charge in [-0.1, -0.05) is 38.1 Å². The van der Waals surface area contributed by atoms with Crippen LogP contribution >= 0.6 is 0 Å². The monoisotopic (exact) mass is 345 g/mol. The van der Waals surface area contributed by atoms with Crippen molar-refractivity contribution in [3.63, 3.8) is 0 Å². The molecule has 1 spiro atoms. The molecule has 2 aliphatic heterocycles. The predicted octanol–water partition coefficient (Wildman–Crippen LogP) is 2.42. The SMILES string of the molecule is CC1(C)CNC(=O)C2(CCN(C/C=C/c3ccc(F)cc3)CC2)NC1. The van der Waals surface area contributed by atoms with Crippen LogP contribution < -0.4 is 10.6 Å². The van der Waals surface area contributed by atoms with E-state index in [9.17, 15) is 9.18 Å². The Morgan fingerprint density at radius 3 is 2.52 bits per heavy atom. The van der Waals surface area contributed by atoms with E-state index < -0.39 is 5.54 Å². The summed E-state index contributed by atoms with van der Waals surface area (Å²) >= 11 is 0. The molecule has 1 aromatic rings. The Balaban J connectivity index is 1.53. The van der Waals surface area contributed by atoms with Crippen LogP contribution in [-0.4, -0.2) is 49.1 Å². The first-order valence-corrected chi connectivity index (χ1v) is 9.06. The summed E-state index contributed by atoms with van der Waals surface area (Å²) in [6, 6.07) is 6.50. The van der Waals surface area contributed by atoms with Crippen molar-refractivity contribution in [1.82, 2.24) is 15.5 Å². The highest BCUT2D eigenvalue weighted by atomic mass is 19.1. The second-order valence-corrected chi connectivity index (χ2v) is 8.04. The summed E-state index contributed by atoms with van der Waals surface area (Å²) < 4.78 is 12.9. The molecule has 3 rings (SSSR count). The topological polar surface area (TPSA) is 44.4 Å². The van der Waals surface area contributed by atoms with Gasteiger partial charge in [-0.05, 0) is 36.0 Å². The van der Waals surface area contributed by atoms with E-state index in [1.807, 2.05) is 6.08 Å². The summed E-state index contributed by atoms with van der Waals surface area (Å²) in [6.45, 7) is 8.58. The number of nitrogens with one attached hydrogen (secondary N) is 2. The van der Waals surface area contributed by atoms with Crippen molar-refractivity contribution in [2.45, 2.75) is 32.2 Å². The highest BCUT2D eigenvalue weighted by Crippen LogP contribution is 2.27. The lowest BCUT2D eigenvalue weighted by molar-refractivity contribution is -0.129. The zero-order valence-corrected chi connectivity index (χ0v) is 15.1. The molecule has 25 heavy (non-hydrogen) atoms. The van der Waals surface area contributed by atoms with Crippen molar-refractivity contribution in [1.29, 1.82) is 0 Å². The number of rotatable bonds is 3. The molecular weight excluding hydrogens is 317 g/mol. The first kappa shape index (κ1) is 18.1. The molecule has 0 saturated carbocycles. The number of amides is 1. The zero-order valence-electron chi connectivity index (χ0n) is 15.1. The van der Waals surface area contributed by atoms with Gasteiger partial charge in [0.1, 0.15) is 11.4 Å². The maximum Gasteiger partial charge on any atom is 0.240 e. The molecule has 2 aliphatic rings. The summed E-state index contributed by atoms with van der Waals surface area (Å²) in [5.41, 5.74) is 0.681. The average molecular weight is 345 g/mol. The van der Waals surface area contributed by atoms with Crippen LogP contribution in [0.2, 0.25) is 0 Å². The largest absolute Gasteiger partial charge is 0.354 e. The van der Waals surface area contributed by atoms with Crippen molar-refractivity contribution in [3.8, 4) is 0 Å². The number of likely N-dealkylation sites (tertiary alicyclic amines) is 1. The Morgan fingerprint density at radius 2 is 1.84 bits per heavy atom. The second-order valence-electron chi connectivity index (χ2n) is 8.04. The van der Waals surface area contributed by atoms with Crippen LogP contribution in [0.25, 0.3) is 6.08 Å². The van der Waals surface area contributed by atoms with E-state index in [1.165, 1.54) is 12.1 Å². The lowest BCUT2D eigenvalue weighted by atomic mass is 9.86. The zero-order chi connectivity index (χ0) is 17.9. The Hall–Kier alpha value is -1.72. The van der Waals surface area contributed by atoms with Crippen LogP contribution in [0.5, 0.6) is 0 Å². The van der Waals surface area contributed by atoms with Crippen molar-refractivity contribution >= 4 is 12.0 Å². The number of piperidine rings is 1. The third-order valence-corrected chi connectivity index (χ3v) is 5.32. The third-order valence-electron chi connectivity index (χ3n) is 5.32. The maximum atomic E-state index is 12.9. The van der Waals surface area contributed by atoms with Crippen LogP contribution in [-0.2, 0) is 4.79 Å². The highest BCUT2D eigenvalue weighted by Gasteiger charge is 2.43. The third kappa shape index (κ3) is 4.47. The molecular formula is C20H28FN3O. The summed E-state index contributed by atoms with van der Waals surface area (Å²) in [5.74, 6) is -0.0598. The van der Waals surface area contributed by atoms with Gasteiger partial charge in [0.15, 0.2) is 0 Å². The quantitative estimate of drug-likeness (QED) is 0.884. The van der Waals surface area contributed by atoms with E-state index in [0.717, 1.165) is 51.1 Å². The van der Waals surface area contributed by atoms with Crippen LogP contribution in [0.1, 0.15) is 32.3 Å². The van der Waals surface area contributed by atoms with Crippen LogP contribution in [0, 0.1) is 11.2 Å². The number of hydrogen-bond donors (Lipinski definition) is 2. The Kier molecular flexibility index (Phi) is 5.25. The van der Waals surface area contributed by atoms with Crippen molar-refractivity contribution in [2.24, 2.45) is 5.41 Å². The highest BCUT2D eigenvalue weighted by molar-refractivity contribution is 5.86. The lowest BCUT2D eigenvalue weighted by Gasteiger charge is -2.40. The fraction of sp³-hybridized carbons (Fsp3) is 0.550. The van der Waals surface area contributed by atoms with Crippen molar-refractivity contribution in [2.75, 3.05) is 32.7 Å². The van der Waals surface area contributed by atoms with Gasteiger partial charge in [0.05, 0.1) is 0 Å². The van der Waals surface area contributed by atoms with Gasteiger partial charge in [-0.25, -0.2) is 4.39 Å². The van der Waals surface area contributed by atoms with Gasteiger partial charge in [-0.15, -0.1) is 0 Å². The molecule has 0 radical (unpaired) electrons. The van der Waals surface area contributed by atoms with E-state index in [1.54, 1.807) is 12.1 Å². The molecule has 0 unspecified atom stereocenters. The van der Waals surface area contributed by atoms with E-state index in [2.05, 4.69) is 35.5 Å². The van der Waals surface area contributed by atoms with E-state index in [0.29, 0.717) is 0 Å². The fourth-order valence-electron chi connectivity index (χ4n) is 3.47. The molecule has 0 aromatic heterocycles. The van der Waals surface area contributed by atoms with Gasteiger partial charge < -0.3 is 10.6 Å². The van der Waals surface area contributed by atoms with E-state index in [4.69, 9.17) is 0 Å². The molecule has 2 saturated heterocycles. The Labute approximate surface area is 149 Å². The molecule has 5 heteroatoms. The molecule has 2 fully saturated rings. The molecule has 2 N–H and O–H groups in total. The number of nitrogens with zero attached hydrogens (tertiary/aromatic N) is 1. The predicted molar refractivity (Wildman–Crippen MR) is 98.6 cm³/mol. The van der Waals surface area contributed by atoms with Gasteiger partial charge in [-0.2, -0.15) is 0 Å². The maximum absolute atomic E-state index is 12.9. The molecule has 136 valence electrons. The van der Waals surface area contributed by atoms with Gasteiger partial charge in [-0.3, -0.25) is 9.69 Å². The fourth-order valence-corrected chi connectivity index (χ4v) is 3.47. The summed E-state index contributed by atoms with van der Waals surface area (Å²) in [5, 5.41) is 6.67. The molecule has 0 aliphatic carbocycles. The van der Waals surface area contributed by atoms with Crippen molar-refractivity contribution < 1.29 is 9.18 Å². The minimum absolute atomic E-state index is 0.0915. The number of halogens is 1. The molecule has 2 heterocycles. The van der Waals surface area contributed by atoms with E-state index in [-0.39, 0.29) is 17.1 Å².